The van der Waals surface area contributed by atoms with Crippen LogP contribution in [0, 0.1) is 0 Å². The van der Waals surface area contributed by atoms with Gasteiger partial charge in [-0.1, -0.05) is 13.3 Å². The standard InChI is InChI=1S/C7H18N2O/c1-3-4-5-9(8)6-7-10-2/h3-8H2,1-2H3. The number of hydrogen-bond donors (Lipinski definition) is 1. The van der Waals surface area contributed by atoms with Crippen LogP contribution in [-0.4, -0.2) is 31.8 Å². The van der Waals surface area contributed by atoms with Crippen molar-refractivity contribution in [3.05, 3.63) is 0 Å². The highest BCUT2D eigenvalue weighted by atomic mass is 16.5. The van der Waals surface area contributed by atoms with Crippen LogP contribution in [-0.2, 0) is 4.74 Å². The molecule has 0 aromatic heterocycles. The summed E-state index contributed by atoms with van der Waals surface area (Å²) in [6.07, 6.45) is 2.36. The molecule has 0 radical (unpaired) electrons. The molecule has 0 rings (SSSR count). The minimum atomic E-state index is 0.722. The Labute approximate surface area is 63.1 Å². The molecule has 0 spiro atoms. The Kier molecular flexibility index (Phi) is 6.91. The molecule has 3 heteroatoms. The number of nitrogens with two attached hydrogens (primary N) is 1. The van der Waals surface area contributed by atoms with Crippen LogP contribution in [0.2, 0.25) is 0 Å². The minimum absolute atomic E-state index is 0.722. The fourth-order valence-electron chi connectivity index (χ4n) is 0.682. The molecule has 0 saturated heterocycles. The zero-order valence-electron chi connectivity index (χ0n) is 6.97. The van der Waals surface area contributed by atoms with Crippen molar-refractivity contribution in [1.82, 2.24) is 5.01 Å². The summed E-state index contributed by atoms with van der Waals surface area (Å²) in [4.78, 5) is 0. The third-order valence-corrected chi connectivity index (χ3v) is 1.38. The quantitative estimate of drug-likeness (QED) is 0.441. The third-order valence-electron chi connectivity index (χ3n) is 1.38. The number of methoxy groups -OCH3 is 1. The van der Waals surface area contributed by atoms with Gasteiger partial charge in [-0.3, -0.25) is 5.84 Å². The van der Waals surface area contributed by atoms with Crippen molar-refractivity contribution in [2.45, 2.75) is 19.8 Å². The van der Waals surface area contributed by atoms with Crippen LogP contribution in [0.5, 0.6) is 0 Å². The average molecular weight is 146 g/mol. The first-order valence-corrected chi connectivity index (χ1v) is 3.79. The summed E-state index contributed by atoms with van der Waals surface area (Å²) in [6, 6.07) is 0. The summed E-state index contributed by atoms with van der Waals surface area (Å²) in [7, 11) is 1.69. The van der Waals surface area contributed by atoms with Crippen molar-refractivity contribution in [1.29, 1.82) is 0 Å². The molecule has 0 aliphatic rings. The molecule has 0 amide bonds. The zero-order chi connectivity index (χ0) is 7.82. The summed E-state index contributed by atoms with van der Waals surface area (Å²) < 4.78 is 4.87. The average Bonchev–Trinajstić information content (AvgIpc) is 1.97. The van der Waals surface area contributed by atoms with E-state index < -0.39 is 0 Å². The van der Waals surface area contributed by atoms with Crippen molar-refractivity contribution in [3.8, 4) is 0 Å². The molecule has 0 aromatic rings. The van der Waals surface area contributed by atoms with E-state index in [4.69, 9.17) is 10.6 Å². The topological polar surface area (TPSA) is 38.5 Å². The minimum Gasteiger partial charge on any atom is -0.383 e. The van der Waals surface area contributed by atoms with Gasteiger partial charge < -0.3 is 4.74 Å². The van der Waals surface area contributed by atoms with Gasteiger partial charge in [-0.15, -0.1) is 0 Å². The predicted octanol–water partition coefficient (Wildman–Crippen LogP) is 0.609. The van der Waals surface area contributed by atoms with Crippen molar-refractivity contribution in [2.75, 3.05) is 26.8 Å². The van der Waals surface area contributed by atoms with Crippen molar-refractivity contribution >= 4 is 0 Å². The molecule has 62 valence electrons. The Morgan fingerprint density at radius 1 is 1.40 bits per heavy atom. The number of ether oxygens (including phenoxy) is 1. The largest absolute Gasteiger partial charge is 0.383 e. The van der Waals surface area contributed by atoms with Crippen LogP contribution < -0.4 is 5.84 Å². The van der Waals surface area contributed by atoms with E-state index in [2.05, 4.69) is 6.92 Å². The molecule has 0 fully saturated rings. The lowest BCUT2D eigenvalue weighted by molar-refractivity contribution is 0.147. The highest BCUT2D eigenvalue weighted by Gasteiger charge is 1.94. The van der Waals surface area contributed by atoms with Gasteiger partial charge in [0, 0.05) is 20.2 Å². The second kappa shape index (κ2) is 6.99. The Morgan fingerprint density at radius 3 is 2.60 bits per heavy atom. The molecule has 0 aliphatic heterocycles. The molecule has 0 heterocycles. The molecule has 10 heavy (non-hydrogen) atoms. The Balaban J connectivity index is 3.00. The highest BCUT2D eigenvalue weighted by molar-refractivity contribution is 4.46. The summed E-state index contributed by atoms with van der Waals surface area (Å²) in [6.45, 7) is 4.68. The maximum atomic E-state index is 5.60. The maximum Gasteiger partial charge on any atom is 0.0603 e. The first-order valence-electron chi connectivity index (χ1n) is 3.79. The van der Waals surface area contributed by atoms with E-state index >= 15 is 0 Å². The number of hydrogen-bond acceptors (Lipinski definition) is 3. The van der Waals surface area contributed by atoms with Gasteiger partial charge in [-0.05, 0) is 6.42 Å². The second-order valence-electron chi connectivity index (χ2n) is 2.38. The SMILES string of the molecule is CCCCN(N)CCOC. The van der Waals surface area contributed by atoms with Crippen LogP contribution in [0.4, 0.5) is 0 Å². The van der Waals surface area contributed by atoms with Crippen LogP contribution in [0.1, 0.15) is 19.8 Å². The van der Waals surface area contributed by atoms with Gasteiger partial charge in [-0.25, -0.2) is 5.01 Å². The van der Waals surface area contributed by atoms with Crippen molar-refractivity contribution in [2.24, 2.45) is 5.84 Å². The summed E-state index contributed by atoms with van der Waals surface area (Å²) in [5.74, 6) is 5.60. The predicted molar refractivity (Wildman–Crippen MR) is 42.5 cm³/mol. The van der Waals surface area contributed by atoms with Crippen LogP contribution in [0.25, 0.3) is 0 Å². The van der Waals surface area contributed by atoms with E-state index in [1.54, 1.807) is 12.1 Å². The lowest BCUT2D eigenvalue weighted by Crippen LogP contribution is -2.34. The van der Waals surface area contributed by atoms with Crippen LogP contribution in [0.15, 0.2) is 0 Å². The van der Waals surface area contributed by atoms with Gasteiger partial charge in [0.15, 0.2) is 0 Å². The first kappa shape index (κ1) is 9.88. The van der Waals surface area contributed by atoms with E-state index in [-0.39, 0.29) is 0 Å². The van der Waals surface area contributed by atoms with Crippen molar-refractivity contribution < 1.29 is 4.74 Å². The molecule has 0 aromatic carbocycles. The highest BCUT2D eigenvalue weighted by Crippen LogP contribution is 1.88. The second-order valence-corrected chi connectivity index (χ2v) is 2.38. The van der Waals surface area contributed by atoms with E-state index in [9.17, 15) is 0 Å². The fraction of sp³-hybridized carbons (Fsp3) is 1.00. The molecule has 0 unspecified atom stereocenters. The number of nitrogens with zero attached hydrogens (tertiary/aromatic N) is 1. The molecule has 3 nitrogen and oxygen atoms in total. The van der Waals surface area contributed by atoms with Gasteiger partial charge in [0.25, 0.3) is 0 Å². The van der Waals surface area contributed by atoms with E-state index in [0.29, 0.717) is 0 Å². The number of unbranched alkanes of at least 4 members (excludes halogenated alkanes) is 1. The van der Waals surface area contributed by atoms with E-state index in [1.165, 1.54) is 12.8 Å². The lowest BCUT2D eigenvalue weighted by atomic mass is 10.3. The van der Waals surface area contributed by atoms with Gasteiger partial charge in [0.1, 0.15) is 0 Å². The lowest BCUT2D eigenvalue weighted by Gasteiger charge is -2.14. The van der Waals surface area contributed by atoms with Gasteiger partial charge in [0.05, 0.1) is 6.61 Å². The summed E-state index contributed by atoms with van der Waals surface area (Å²) in [5.41, 5.74) is 0. The maximum absolute atomic E-state index is 5.60. The van der Waals surface area contributed by atoms with Gasteiger partial charge >= 0.3 is 0 Å². The van der Waals surface area contributed by atoms with E-state index in [1.807, 2.05) is 0 Å². The number of hydrazine groups is 1. The Hall–Kier alpha value is -0.120. The van der Waals surface area contributed by atoms with E-state index in [0.717, 1.165) is 19.7 Å². The van der Waals surface area contributed by atoms with Crippen LogP contribution in [0.3, 0.4) is 0 Å². The molecular weight excluding hydrogens is 128 g/mol. The van der Waals surface area contributed by atoms with Crippen molar-refractivity contribution in [3.63, 3.8) is 0 Å². The Bertz CT molecular complexity index is 60.6. The zero-order valence-corrected chi connectivity index (χ0v) is 6.97. The molecule has 0 bridgehead atoms. The van der Waals surface area contributed by atoms with Gasteiger partial charge in [0.2, 0.25) is 0 Å². The Morgan fingerprint density at radius 2 is 2.10 bits per heavy atom. The molecule has 0 aliphatic carbocycles. The molecule has 0 saturated carbocycles. The number of rotatable bonds is 6. The first-order chi connectivity index (χ1) is 4.81. The monoisotopic (exact) mass is 146 g/mol. The van der Waals surface area contributed by atoms with Crippen LogP contribution >= 0.6 is 0 Å². The molecule has 0 atom stereocenters. The summed E-state index contributed by atoms with van der Waals surface area (Å²) in [5, 5.41) is 1.80. The third kappa shape index (κ3) is 6.01. The normalized spacial score (nSPS) is 10.8. The van der Waals surface area contributed by atoms with Gasteiger partial charge in [-0.2, -0.15) is 0 Å². The molecule has 2 N–H and O–H groups in total. The smallest absolute Gasteiger partial charge is 0.0603 e. The fourth-order valence-corrected chi connectivity index (χ4v) is 0.682. The molecular formula is C7H18N2O. The summed E-state index contributed by atoms with van der Waals surface area (Å²) >= 11 is 0.